The van der Waals surface area contributed by atoms with Crippen molar-refractivity contribution in [3.63, 3.8) is 0 Å². The molecule has 0 radical (unpaired) electrons. The fourth-order valence-electron chi connectivity index (χ4n) is 1.67. The van der Waals surface area contributed by atoms with Gasteiger partial charge in [0.1, 0.15) is 0 Å². The van der Waals surface area contributed by atoms with Gasteiger partial charge in [0.15, 0.2) is 12.4 Å². The van der Waals surface area contributed by atoms with Crippen LogP contribution < -0.4 is 5.32 Å². The Bertz CT molecular complexity index is 342. The number of rotatable bonds is 7. The highest BCUT2D eigenvalue weighted by atomic mass is 16.7. The van der Waals surface area contributed by atoms with Gasteiger partial charge in [0.25, 0.3) is 0 Å². The molecule has 2 N–H and O–H groups in total. The summed E-state index contributed by atoms with van der Waals surface area (Å²) in [5.41, 5.74) is -1.68. The van der Waals surface area contributed by atoms with Crippen molar-refractivity contribution >= 4 is 17.8 Å². The molecular formula is C11H17NO6. The molecule has 102 valence electrons. The van der Waals surface area contributed by atoms with Gasteiger partial charge >= 0.3 is 11.9 Å². The molecule has 0 spiro atoms. The van der Waals surface area contributed by atoms with Crippen molar-refractivity contribution < 1.29 is 29.0 Å². The van der Waals surface area contributed by atoms with E-state index >= 15 is 0 Å². The third-order valence-electron chi connectivity index (χ3n) is 2.63. The Morgan fingerprint density at radius 2 is 2.17 bits per heavy atom. The molecular weight excluding hydrogens is 242 g/mol. The summed E-state index contributed by atoms with van der Waals surface area (Å²) in [5, 5.41) is 11.4. The number of hydrogen-bond acceptors (Lipinski definition) is 5. The van der Waals surface area contributed by atoms with Crippen molar-refractivity contribution in [2.24, 2.45) is 0 Å². The van der Waals surface area contributed by atoms with Crippen molar-refractivity contribution in [1.29, 1.82) is 0 Å². The molecule has 0 bridgehead atoms. The standard InChI is InChI=1S/C11H17NO6/c1-2-3-4-12-8(13)5-11(6-9(14)15)10(16)17-7-18-11/h2-7H2,1H3,(H,12,13)(H,14,15). The van der Waals surface area contributed by atoms with Crippen molar-refractivity contribution in [2.75, 3.05) is 13.3 Å². The van der Waals surface area contributed by atoms with E-state index in [0.29, 0.717) is 6.54 Å². The summed E-state index contributed by atoms with van der Waals surface area (Å²) in [6, 6.07) is 0. The van der Waals surface area contributed by atoms with Gasteiger partial charge in [-0.15, -0.1) is 0 Å². The lowest BCUT2D eigenvalue weighted by Crippen LogP contribution is -2.43. The van der Waals surface area contributed by atoms with E-state index in [-0.39, 0.29) is 13.2 Å². The summed E-state index contributed by atoms with van der Waals surface area (Å²) in [6.45, 7) is 2.16. The zero-order chi connectivity index (χ0) is 13.6. The molecule has 0 aromatic rings. The average Bonchev–Trinajstić information content (AvgIpc) is 2.59. The molecule has 1 aliphatic rings. The molecule has 7 nitrogen and oxygen atoms in total. The minimum Gasteiger partial charge on any atom is -0.481 e. The number of cyclic esters (lactones) is 1. The highest BCUT2D eigenvalue weighted by Gasteiger charge is 2.49. The quantitative estimate of drug-likeness (QED) is 0.494. The normalized spacial score (nSPS) is 22.6. The number of carbonyl (C=O) groups is 3. The Kier molecular flexibility index (Phi) is 5.08. The third kappa shape index (κ3) is 3.69. The molecule has 7 heteroatoms. The van der Waals surface area contributed by atoms with Crippen LogP contribution in [0.15, 0.2) is 0 Å². The molecule has 1 amide bonds. The molecule has 1 saturated heterocycles. The van der Waals surface area contributed by atoms with Crippen LogP contribution in [-0.4, -0.2) is 41.9 Å². The number of esters is 1. The highest BCUT2D eigenvalue weighted by molar-refractivity contribution is 5.92. The van der Waals surface area contributed by atoms with E-state index in [1.54, 1.807) is 0 Å². The first-order valence-electron chi connectivity index (χ1n) is 5.80. The van der Waals surface area contributed by atoms with Gasteiger partial charge in [-0.1, -0.05) is 13.3 Å². The van der Waals surface area contributed by atoms with Crippen LogP contribution in [0.1, 0.15) is 32.6 Å². The molecule has 0 saturated carbocycles. The Morgan fingerprint density at radius 1 is 1.44 bits per heavy atom. The Labute approximate surface area is 104 Å². The van der Waals surface area contributed by atoms with Crippen LogP contribution in [0.5, 0.6) is 0 Å². The van der Waals surface area contributed by atoms with Gasteiger partial charge in [0.2, 0.25) is 5.91 Å². The molecule has 1 rings (SSSR count). The minimum atomic E-state index is -1.68. The first-order valence-corrected chi connectivity index (χ1v) is 5.80. The lowest BCUT2D eigenvalue weighted by atomic mass is 9.95. The summed E-state index contributed by atoms with van der Waals surface area (Å²) in [5.74, 6) is -2.42. The first-order chi connectivity index (χ1) is 8.50. The smallest absolute Gasteiger partial charge is 0.341 e. The van der Waals surface area contributed by atoms with Gasteiger partial charge < -0.3 is 19.9 Å². The summed E-state index contributed by atoms with van der Waals surface area (Å²) < 4.78 is 9.62. The van der Waals surface area contributed by atoms with E-state index < -0.39 is 29.9 Å². The third-order valence-corrected chi connectivity index (χ3v) is 2.63. The first kappa shape index (κ1) is 14.4. The SMILES string of the molecule is CCCCNC(=O)CC1(CC(=O)O)OCOC1=O. The minimum absolute atomic E-state index is 0.311. The summed E-state index contributed by atoms with van der Waals surface area (Å²) >= 11 is 0. The number of carboxylic acids is 1. The van der Waals surface area contributed by atoms with Crippen LogP contribution in [0, 0.1) is 0 Å². The van der Waals surface area contributed by atoms with E-state index in [1.165, 1.54) is 0 Å². The number of ether oxygens (including phenoxy) is 2. The Hall–Kier alpha value is -1.63. The Morgan fingerprint density at radius 3 is 2.67 bits per heavy atom. The average molecular weight is 259 g/mol. The lowest BCUT2D eigenvalue weighted by Gasteiger charge is -2.20. The molecule has 18 heavy (non-hydrogen) atoms. The number of hydrogen-bond donors (Lipinski definition) is 2. The Balaban J connectivity index is 2.59. The van der Waals surface area contributed by atoms with Crippen LogP contribution in [0.4, 0.5) is 0 Å². The summed E-state index contributed by atoms with van der Waals surface area (Å²) in [4.78, 5) is 33.8. The maximum absolute atomic E-state index is 11.6. The van der Waals surface area contributed by atoms with Crippen LogP contribution >= 0.6 is 0 Å². The number of unbranched alkanes of at least 4 members (excludes halogenated alkanes) is 1. The second-order valence-electron chi connectivity index (χ2n) is 4.14. The van der Waals surface area contributed by atoms with Gasteiger partial charge in [-0.05, 0) is 6.42 Å². The van der Waals surface area contributed by atoms with Crippen molar-refractivity contribution in [2.45, 2.75) is 38.2 Å². The van der Waals surface area contributed by atoms with Crippen LogP contribution in [0.2, 0.25) is 0 Å². The van der Waals surface area contributed by atoms with Crippen molar-refractivity contribution in [3.8, 4) is 0 Å². The van der Waals surface area contributed by atoms with Gasteiger partial charge in [-0.2, -0.15) is 0 Å². The molecule has 0 aromatic carbocycles. The summed E-state index contributed by atoms with van der Waals surface area (Å²) in [7, 11) is 0. The van der Waals surface area contributed by atoms with Gasteiger partial charge in [0, 0.05) is 6.54 Å². The maximum atomic E-state index is 11.6. The van der Waals surface area contributed by atoms with E-state index in [0.717, 1.165) is 12.8 Å². The second kappa shape index (κ2) is 6.34. The number of aliphatic carboxylic acids is 1. The van der Waals surface area contributed by atoms with Crippen molar-refractivity contribution in [3.05, 3.63) is 0 Å². The van der Waals surface area contributed by atoms with E-state index in [9.17, 15) is 14.4 Å². The van der Waals surface area contributed by atoms with Crippen LogP contribution in [0.3, 0.4) is 0 Å². The van der Waals surface area contributed by atoms with E-state index in [1.807, 2.05) is 6.92 Å². The molecule has 1 aliphatic heterocycles. The van der Waals surface area contributed by atoms with Gasteiger partial charge in [-0.25, -0.2) is 4.79 Å². The molecule has 1 fully saturated rings. The number of amides is 1. The lowest BCUT2D eigenvalue weighted by molar-refractivity contribution is -0.154. The topological polar surface area (TPSA) is 102 Å². The van der Waals surface area contributed by atoms with Gasteiger partial charge in [-0.3, -0.25) is 9.59 Å². The summed E-state index contributed by atoms with van der Waals surface area (Å²) in [6.07, 6.45) is 0.844. The zero-order valence-electron chi connectivity index (χ0n) is 10.2. The molecule has 0 aliphatic carbocycles. The number of carbonyl (C=O) groups excluding carboxylic acids is 2. The van der Waals surface area contributed by atoms with Crippen molar-refractivity contribution in [1.82, 2.24) is 5.32 Å². The molecule has 1 unspecified atom stereocenters. The molecule has 1 heterocycles. The maximum Gasteiger partial charge on any atom is 0.341 e. The molecule has 0 aromatic heterocycles. The predicted octanol–water partition coefficient (Wildman–Crippen LogP) is 0.0372. The van der Waals surface area contributed by atoms with Gasteiger partial charge in [0.05, 0.1) is 12.8 Å². The fourth-order valence-corrected chi connectivity index (χ4v) is 1.67. The second-order valence-corrected chi connectivity index (χ2v) is 4.14. The number of carboxylic acid groups (broad SMARTS) is 1. The predicted molar refractivity (Wildman–Crippen MR) is 59.6 cm³/mol. The monoisotopic (exact) mass is 259 g/mol. The highest BCUT2D eigenvalue weighted by Crippen LogP contribution is 2.28. The van der Waals surface area contributed by atoms with E-state index in [2.05, 4.69) is 10.1 Å². The van der Waals surface area contributed by atoms with Crippen LogP contribution in [0.25, 0.3) is 0 Å². The zero-order valence-corrected chi connectivity index (χ0v) is 10.2. The van der Waals surface area contributed by atoms with Crippen LogP contribution in [-0.2, 0) is 23.9 Å². The number of nitrogens with one attached hydrogen (secondary N) is 1. The molecule has 1 atom stereocenters. The van der Waals surface area contributed by atoms with E-state index in [4.69, 9.17) is 9.84 Å². The fraction of sp³-hybridized carbons (Fsp3) is 0.727. The largest absolute Gasteiger partial charge is 0.481 e.